The maximum absolute atomic E-state index is 14.7. The van der Waals surface area contributed by atoms with Crippen molar-refractivity contribution in [1.29, 1.82) is 5.26 Å². The highest BCUT2D eigenvalue weighted by Crippen LogP contribution is 2.27. The van der Waals surface area contributed by atoms with Crippen LogP contribution in [0.1, 0.15) is 42.7 Å². The summed E-state index contributed by atoms with van der Waals surface area (Å²) in [7, 11) is 0. The molecule has 0 amide bonds. The first-order chi connectivity index (χ1) is 15.7. The zero-order valence-corrected chi connectivity index (χ0v) is 18.2. The number of carboxylic acids is 1. The summed E-state index contributed by atoms with van der Waals surface area (Å²) in [5.41, 5.74) is 2.15. The fourth-order valence-electron chi connectivity index (χ4n) is 3.25. The number of hydrogen-bond donors (Lipinski definition) is 3. The number of benzene rings is 2. The van der Waals surface area contributed by atoms with Gasteiger partial charge in [-0.25, -0.2) is 9.38 Å². The number of halogens is 1. The number of aromatic amines is 1. The number of carbonyl (C=O) groups is 1. The topological polar surface area (TPSA) is 134 Å². The normalized spacial score (nSPS) is 11.5. The fourth-order valence-corrected chi connectivity index (χ4v) is 3.25. The van der Waals surface area contributed by atoms with Gasteiger partial charge in [0.15, 0.2) is 0 Å². The van der Waals surface area contributed by atoms with Crippen LogP contribution in [0.15, 0.2) is 48.0 Å². The molecule has 0 fully saturated rings. The lowest BCUT2D eigenvalue weighted by Crippen LogP contribution is -2.13. The number of hydrogen-bond acceptors (Lipinski definition) is 6. The van der Waals surface area contributed by atoms with Gasteiger partial charge >= 0.3 is 5.97 Å². The summed E-state index contributed by atoms with van der Waals surface area (Å²) in [6.45, 7) is 7.59. The van der Waals surface area contributed by atoms with Crippen molar-refractivity contribution in [2.24, 2.45) is 10.9 Å². The molecule has 3 rings (SSSR count). The van der Waals surface area contributed by atoms with Crippen LogP contribution in [0.25, 0.3) is 16.6 Å². The molecule has 1 heterocycles. The number of rotatable bonds is 8. The summed E-state index contributed by atoms with van der Waals surface area (Å²) in [4.78, 5) is 22.9. The van der Waals surface area contributed by atoms with Crippen LogP contribution in [0.2, 0.25) is 0 Å². The van der Waals surface area contributed by atoms with Crippen LogP contribution in [0.5, 0.6) is 5.75 Å². The Kier molecular flexibility index (Phi) is 7.10. The van der Waals surface area contributed by atoms with Gasteiger partial charge in [-0.2, -0.15) is 11.2 Å². The maximum atomic E-state index is 14.7. The molecule has 4 N–H and O–H groups in total. The Labute approximate surface area is 189 Å². The van der Waals surface area contributed by atoms with Crippen LogP contribution in [-0.2, 0) is 16.1 Å². The molecule has 33 heavy (non-hydrogen) atoms. The third kappa shape index (κ3) is 5.56. The second-order valence-corrected chi connectivity index (χ2v) is 7.58. The number of aliphatic carboxylic acids is 1. The van der Waals surface area contributed by atoms with Gasteiger partial charge in [-0.05, 0) is 56.7 Å². The number of aromatic nitrogens is 1. The number of nitrogens with zero attached hydrogens (tertiary/aromatic N) is 2. The molecule has 1 aromatic heterocycles. The number of fused-ring (bicyclic) bond motifs is 1. The van der Waals surface area contributed by atoms with Gasteiger partial charge in [0.25, 0.3) is 0 Å². The molecule has 0 aliphatic rings. The van der Waals surface area contributed by atoms with Crippen LogP contribution >= 0.6 is 0 Å². The molecule has 0 unspecified atom stereocenters. The third-order valence-electron chi connectivity index (χ3n) is 4.74. The van der Waals surface area contributed by atoms with Crippen molar-refractivity contribution in [3.8, 4) is 11.8 Å². The zero-order valence-electron chi connectivity index (χ0n) is 18.2. The van der Waals surface area contributed by atoms with E-state index in [-0.39, 0.29) is 41.6 Å². The van der Waals surface area contributed by atoms with Gasteiger partial charge < -0.3 is 19.7 Å². The number of aliphatic imine (C=N–C) groups is 1. The largest absolute Gasteiger partial charge is 0.490 e. The van der Waals surface area contributed by atoms with E-state index in [9.17, 15) is 14.4 Å². The van der Waals surface area contributed by atoms with Gasteiger partial charge in [-0.3, -0.25) is 4.79 Å². The van der Waals surface area contributed by atoms with Crippen LogP contribution in [0.3, 0.4) is 0 Å². The highest BCUT2D eigenvalue weighted by atomic mass is 19.1. The molecule has 3 aromatic rings. The van der Waals surface area contributed by atoms with E-state index < -0.39 is 11.8 Å². The molecule has 8 nitrogen and oxygen atoms in total. The van der Waals surface area contributed by atoms with E-state index in [2.05, 4.69) is 22.6 Å². The maximum Gasteiger partial charge on any atom is 0.303 e. The van der Waals surface area contributed by atoms with E-state index >= 15 is 0 Å². The SMILES string of the molecule is C=C(N=C(ON)c1ccc(OC(C)C)c(C#N)c1)c1cc(F)c2[nH]c(CCC(=O)O)cc2c1. The lowest BCUT2D eigenvalue weighted by Gasteiger charge is -2.12. The third-order valence-corrected chi connectivity index (χ3v) is 4.74. The van der Waals surface area contributed by atoms with E-state index in [0.717, 1.165) is 0 Å². The number of nitrogens with two attached hydrogens (primary N) is 1. The van der Waals surface area contributed by atoms with Crippen molar-refractivity contribution in [3.05, 3.63) is 71.2 Å². The fraction of sp³-hybridized carbons (Fsp3) is 0.208. The van der Waals surface area contributed by atoms with Crippen molar-refractivity contribution < 1.29 is 23.9 Å². The Bertz CT molecular complexity index is 1290. The monoisotopic (exact) mass is 450 g/mol. The van der Waals surface area contributed by atoms with Crippen molar-refractivity contribution in [2.45, 2.75) is 32.8 Å². The van der Waals surface area contributed by atoms with E-state index in [1.54, 1.807) is 24.3 Å². The second-order valence-electron chi connectivity index (χ2n) is 7.58. The average molecular weight is 450 g/mol. The highest BCUT2D eigenvalue weighted by molar-refractivity contribution is 5.98. The summed E-state index contributed by atoms with van der Waals surface area (Å²) in [5, 5.41) is 18.8. The van der Waals surface area contributed by atoms with Crippen LogP contribution in [0.4, 0.5) is 4.39 Å². The summed E-state index contributed by atoms with van der Waals surface area (Å²) in [6.07, 6.45) is 0.0756. The number of nitriles is 1. The number of aryl methyl sites for hydroxylation is 1. The number of carboxylic acid groups (broad SMARTS) is 1. The van der Waals surface area contributed by atoms with Gasteiger partial charge in [-0.15, -0.1) is 0 Å². The molecular formula is C24H23FN4O4. The van der Waals surface area contributed by atoms with E-state index in [1.807, 2.05) is 13.8 Å². The molecule has 2 aromatic carbocycles. The minimum absolute atomic E-state index is 0.00989. The second kappa shape index (κ2) is 9.97. The molecular weight excluding hydrogens is 427 g/mol. The minimum atomic E-state index is -0.935. The summed E-state index contributed by atoms with van der Waals surface area (Å²) >= 11 is 0. The van der Waals surface area contributed by atoms with E-state index in [0.29, 0.717) is 28.0 Å². The van der Waals surface area contributed by atoms with Gasteiger partial charge in [0.2, 0.25) is 5.90 Å². The molecule has 0 atom stereocenters. The number of nitrogens with one attached hydrogen (secondary N) is 1. The first kappa shape index (κ1) is 23.5. The first-order valence-corrected chi connectivity index (χ1v) is 10.1. The predicted octanol–water partition coefficient (Wildman–Crippen LogP) is 4.29. The van der Waals surface area contributed by atoms with E-state index in [4.69, 9.17) is 20.6 Å². The highest BCUT2D eigenvalue weighted by Gasteiger charge is 2.14. The molecule has 0 saturated carbocycles. The van der Waals surface area contributed by atoms with Gasteiger partial charge in [0.1, 0.15) is 17.6 Å². The summed E-state index contributed by atoms with van der Waals surface area (Å²) in [6, 6.07) is 11.5. The lowest BCUT2D eigenvalue weighted by molar-refractivity contribution is -0.136. The number of H-pyrrole nitrogens is 1. The Balaban J connectivity index is 1.92. The van der Waals surface area contributed by atoms with Crippen molar-refractivity contribution >= 4 is 28.5 Å². The average Bonchev–Trinajstić information content (AvgIpc) is 3.19. The first-order valence-electron chi connectivity index (χ1n) is 10.1. The van der Waals surface area contributed by atoms with E-state index in [1.165, 1.54) is 12.1 Å². The van der Waals surface area contributed by atoms with Crippen molar-refractivity contribution in [3.63, 3.8) is 0 Å². The standard InChI is InChI=1S/C24H23FN4O4/c1-13(2)32-21-6-4-15(8-18(21)12-26)24(33-27)28-14(3)16-9-17-10-19(5-7-22(30)31)29-23(17)20(25)11-16/h4,6,8-11,13,29H,3,5,7,27H2,1-2H3,(H,30,31). The molecule has 0 aliphatic carbocycles. The Morgan fingerprint density at radius 1 is 1.30 bits per heavy atom. The lowest BCUT2D eigenvalue weighted by atomic mass is 10.1. The van der Waals surface area contributed by atoms with Crippen molar-refractivity contribution in [2.75, 3.05) is 0 Å². The molecule has 0 spiro atoms. The molecule has 0 aliphatic heterocycles. The van der Waals surface area contributed by atoms with Gasteiger partial charge in [0.05, 0.1) is 29.3 Å². The minimum Gasteiger partial charge on any atom is -0.490 e. The summed E-state index contributed by atoms with van der Waals surface area (Å²) in [5.74, 6) is 4.36. The van der Waals surface area contributed by atoms with Gasteiger partial charge in [-0.1, -0.05) is 6.58 Å². The van der Waals surface area contributed by atoms with Crippen molar-refractivity contribution in [1.82, 2.24) is 4.98 Å². The molecule has 0 saturated heterocycles. The smallest absolute Gasteiger partial charge is 0.303 e. The molecule has 9 heteroatoms. The van der Waals surface area contributed by atoms with Crippen LogP contribution in [0, 0.1) is 17.1 Å². The molecule has 170 valence electrons. The number of ether oxygens (including phenoxy) is 1. The Morgan fingerprint density at radius 3 is 2.70 bits per heavy atom. The predicted molar refractivity (Wildman–Crippen MR) is 122 cm³/mol. The van der Waals surface area contributed by atoms with Crippen LogP contribution in [-0.4, -0.2) is 28.1 Å². The molecule has 0 bridgehead atoms. The quantitative estimate of drug-likeness (QED) is 0.266. The summed E-state index contributed by atoms with van der Waals surface area (Å²) < 4.78 is 20.3. The molecule has 0 radical (unpaired) electrons. The zero-order chi connectivity index (χ0) is 24.1. The Hall–Kier alpha value is -4.16. The Morgan fingerprint density at radius 2 is 2.06 bits per heavy atom. The van der Waals surface area contributed by atoms with Crippen LogP contribution < -0.4 is 10.6 Å². The van der Waals surface area contributed by atoms with Gasteiger partial charge in [0, 0.05) is 22.2 Å².